The molecule has 7 heteroatoms. The van der Waals surface area contributed by atoms with Gasteiger partial charge in [0.2, 0.25) is 0 Å². The van der Waals surface area contributed by atoms with Crippen molar-refractivity contribution in [2.75, 3.05) is 13.7 Å². The number of amides is 3. The highest BCUT2D eigenvalue weighted by Crippen LogP contribution is 2.18. The zero-order valence-electron chi connectivity index (χ0n) is 16.0. The Morgan fingerprint density at radius 2 is 1.71 bits per heavy atom. The fourth-order valence-corrected chi connectivity index (χ4v) is 2.28. The Hall–Kier alpha value is -3.61. The van der Waals surface area contributed by atoms with Crippen LogP contribution in [0.4, 0.5) is 0 Å². The maximum Gasteiger partial charge on any atom is 0.276 e. The normalized spacial score (nSPS) is 10.4. The average molecular weight is 381 g/mol. The standard InChI is InChI=1S/C21H23N3O4/c1-14-4-5-15(2)18(12-14)28-13-20(26)24-23-19(25)11-8-16-6-9-17(10-7-16)21(27)22-3/h4-12H,13H2,1-3H3,(H,22,27)(H,23,25)(H,24,26)/b11-8+. The highest BCUT2D eigenvalue weighted by molar-refractivity contribution is 5.95. The molecule has 0 fully saturated rings. The summed E-state index contributed by atoms with van der Waals surface area (Å²) in [4.78, 5) is 35.1. The number of carbonyl (C=O) groups excluding carboxylic acids is 3. The first-order valence-corrected chi connectivity index (χ1v) is 8.68. The Balaban J connectivity index is 1.78. The molecule has 0 aliphatic carbocycles. The fraction of sp³-hybridized carbons (Fsp3) is 0.190. The van der Waals surface area contributed by atoms with E-state index in [1.807, 2.05) is 32.0 Å². The Bertz CT molecular complexity index is 889. The lowest BCUT2D eigenvalue weighted by Crippen LogP contribution is -2.43. The summed E-state index contributed by atoms with van der Waals surface area (Å²) in [7, 11) is 1.56. The van der Waals surface area contributed by atoms with Crippen molar-refractivity contribution in [3.8, 4) is 5.75 Å². The molecule has 0 aliphatic rings. The number of benzene rings is 2. The number of carbonyl (C=O) groups is 3. The molecule has 146 valence electrons. The van der Waals surface area contributed by atoms with Crippen LogP contribution in [-0.2, 0) is 9.59 Å². The Kier molecular flexibility index (Phi) is 7.33. The van der Waals surface area contributed by atoms with Gasteiger partial charge in [0, 0.05) is 18.7 Å². The van der Waals surface area contributed by atoms with Crippen LogP contribution in [0.25, 0.3) is 6.08 Å². The summed E-state index contributed by atoms with van der Waals surface area (Å²) in [5.74, 6) is -0.520. The third kappa shape index (κ3) is 6.28. The molecule has 0 bridgehead atoms. The highest BCUT2D eigenvalue weighted by Gasteiger charge is 2.06. The van der Waals surface area contributed by atoms with Gasteiger partial charge in [0.1, 0.15) is 5.75 Å². The van der Waals surface area contributed by atoms with Gasteiger partial charge in [0.25, 0.3) is 17.7 Å². The van der Waals surface area contributed by atoms with Crippen molar-refractivity contribution >= 4 is 23.8 Å². The lowest BCUT2D eigenvalue weighted by atomic mass is 10.1. The van der Waals surface area contributed by atoms with Crippen LogP contribution < -0.4 is 20.9 Å². The van der Waals surface area contributed by atoms with E-state index in [-0.39, 0.29) is 12.5 Å². The van der Waals surface area contributed by atoms with Crippen molar-refractivity contribution in [2.24, 2.45) is 0 Å². The molecule has 28 heavy (non-hydrogen) atoms. The number of hydrogen-bond acceptors (Lipinski definition) is 4. The number of hydrogen-bond donors (Lipinski definition) is 3. The Morgan fingerprint density at radius 1 is 1.00 bits per heavy atom. The van der Waals surface area contributed by atoms with E-state index in [1.54, 1.807) is 37.4 Å². The van der Waals surface area contributed by atoms with E-state index in [1.165, 1.54) is 6.08 Å². The van der Waals surface area contributed by atoms with Crippen molar-refractivity contribution in [3.63, 3.8) is 0 Å². The number of ether oxygens (including phenoxy) is 1. The minimum atomic E-state index is -0.490. The molecule has 0 aromatic heterocycles. The summed E-state index contributed by atoms with van der Waals surface area (Å²) < 4.78 is 5.47. The summed E-state index contributed by atoms with van der Waals surface area (Å²) in [6.07, 6.45) is 2.85. The predicted octanol–water partition coefficient (Wildman–Crippen LogP) is 1.90. The topological polar surface area (TPSA) is 96.5 Å². The third-order valence-corrected chi connectivity index (χ3v) is 3.85. The summed E-state index contributed by atoms with van der Waals surface area (Å²) in [5.41, 5.74) is 7.80. The number of hydrazine groups is 1. The number of nitrogens with one attached hydrogen (secondary N) is 3. The molecule has 0 heterocycles. The van der Waals surface area contributed by atoms with Gasteiger partial charge in [-0.2, -0.15) is 0 Å². The van der Waals surface area contributed by atoms with Crippen LogP contribution in [0.1, 0.15) is 27.0 Å². The van der Waals surface area contributed by atoms with Crippen LogP contribution in [0.15, 0.2) is 48.5 Å². The molecule has 3 amide bonds. The summed E-state index contributed by atoms with van der Waals surface area (Å²) in [5, 5.41) is 2.53. The smallest absolute Gasteiger partial charge is 0.276 e. The van der Waals surface area contributed by atoms with E-state index < -0.39 is 11.8 Å². The molecule has 0 atom stereocenters. The van der Waals surface area contributed by atoms with Gasteiger partial charge in [-0.05, 0) is 54.8 Å². The van der Waals surface area contributed by atoms with E-state index in [0.29, 0.717) is 11.3 Å². The Morgan fingerprint density at radius 3 is 2.39 bits per heavy atom. The zero-order chi connectivity index (χ0) is 20.5. The maximum absolute atomic E-state index is 11.8. The van der Waals surface area contributed by atoms with Gasteiger partial charge in [0.05, 0.1) is 0 Å². The van der Waals surface area contributed by atoms with Crippen LogP contribution in [0.5, 0.6) is 5.75 Å². The van der Waals surface area contributed by atoms with E-state index in [9.17, 15) is 14.4 Å². The largest absolute Gasteiger partial charge is 0.483 e. The third-order valence-electron chi connectivity index (χ3n) is 3.85. The molecule has 0 saturated heterocycles. The van der Waals surface area contributed by atoms with Crippen LogP contribution in [0.3, 0.4) is 0 Å². The highest BCUT2D eigenvalue weighted by atomic mass is 16.5. The summed E-state index contributed by atoms with van der Waals surface area (Å²) >= 11 is 0. The SMILES string of the molecule is CNC(=O)c1ccc(/C=C/C(=O)NNC(=O)COc2cc(C)ccc2C)cc1. The second kappa shape index (κ2) is 9.91. The molecule has 0 spiro atoms. The Labute approximate surface area is 163 Å². The van der Waals surface area contributed by atoms with Gasteiger partial charge >= 0.3 is 0 Å². The van der Waals surface area contributed by atoms with Crippen LogP contribution in [0.2, 0.25) is 0 Å². The van der Waals surface area contributed by atoms with Gasteiger partial charge in [-0.1, -0.05) is 24.3 Å². The van der Waals surface area contributed by atoms with E-state index in [0.717, 1.165) is 16.7 Å². The average Bonchev–Trinajstić information content (AvgIpc) is 2.71. The van der Waals surface area contributed by atoms with Gasteiger partial charge in [0.15, 0.2) is 6.61 Å². The van der Waals surface area contributed by atoms with E-state index >= 15 is 0 Å². The van der Waals surface area contributed by atoms with Crippen molar-refractivity contribution < 1.29 is 19.1 Å². The lowest BCUT2D eigenvalue weighted by molar-refractivity contribution is -0.128. The van der Waals surface area contributed by atoms with Crippen molar-refractivity contribution in [1.29, 1.82) is 0 Å². The molecule has 2 aromatic carbocycles. The monoisotopic (exact) mass is 381 g/mol. The van der Waals surface area contributed by atoms with Crippen molar-refractivity contribution in [3.05, 3.63) is 70.8 Å². The number of aryl methyl sites for hydroxylation is 2. The molecule has 2 rings (SSSR count). The molecule has 0 saturated carbocycles. The number of rotatable bonds is 6. The fourth-order valence-electron chi connectivity index (χ4n) is 2.28. The first-order chi connectivity index (χ1) is 13.4. The van der Waals surface area contributed by atoms with Crippen molar-refractivity contribution in [1.82, 2.24) is 16.2 Å². The molecule has 0 radical (unpaired) electrons. The van der Waals surface area contributed by atoms with Gasteiger partial charge in [-0.15, -0.1) is 0 Å². The molecule has 2 aromatic rings. The lowest BCUT2D eigenvalue weighted by Gasteiger charge is -2.10. The second-order valence-electron chi connectivity index (χ2n) is 6.13. The zero-order valence-corrected chi connectivity index (χ0v) is 16.0. The van der Waals surface area contributed by atoms with Crippen LogP contribution in [-0.4, -0.2) is 31.4 Å². The van der Waals surface area contributed by atoms with Crippen LogP contribution in [0, 0.1) is 13.8 Å². The molecule has 3 N–H and O–H groups in total. The van der Waals surface area contributed by atoms with Crippen molar-refractivity contribution in [2.45, 2.75) is 13.8 Å². The molecule has 7 nitrogen and oxygen atoms in total. The van der Waals surface area contributed by atoms with Gasteiger partial charge < -0.3 is 10.1 Å². The summed E-state index contributed by atoms with van der Waals surface area (Å²) in [6, 6.07) is 12.5. The predicted molar refractivity (Wildman–Crippen MR) is 107 cm³/mol. The van der Waals surface area contributed by atoms with Crippen LogP contribution >= 0.6 is 0 Å². The first-order valence-electron chi connectivity index (χ1n) is 8.68. The molecular formula is C21H23N3O4. The minimum Gasteiger partial charge on any atom is -0.483 e. The van der Waals surface area contributed by atoms with Gasteiger partial charge in [-0.25, -0.2) is 0 Å². The molecule has 0 unspecified atom stereocenters. The van der Waals surface area contributed by atoms with E-state index in [2.05, 4.69) is 16.2 Å². The molecule has 0 aliphatic heterocycles. The molecular weight excluding hydrogens is 358 g/mol. The summed E-state index contributed by atoms with van der Waals surface area (Å²) in [6.45, 7) is 3.61. The quantitative estimate of drug-likeness (QED) is 0.526. The maximum atomic E-state index is 11.8. The van der Waals surface area contributed by atoms with Gasteiger partial charge in [-0.3, -0.25) is 25.2 Å². The van der Waals surface area contributed by atoms with E-state index in [4.69, 9.17) is 4.74 Å². The minimum absolute atomic E-state index is 0.181. The first kappa shape index (κ1) is 20.7. The second-order valence-corrected chi connectivity index (χ2v) is 6.13.